The zero-order chi connectivity index (χ0) is 11.7. The normalized spacial score (nSPS) is 21.4. The van der Waals surface area contributed by atoms with Gasteiger partial charge in [-0.3, -0.25) is 4.90 Å². The van der Waals surface area contributed by atoms with Crippen LogP contribution in [0.2, 0.25) is 0 Å². The van der Waals surface area contributed by atoms with Gasteiger partial charge in [0.25, 0.3) is 0 Å². The molecule has 1 N–H and O–H groups in total. The number of hydrogen-bond donors (Lipinski definition) is 1. The van der Waals surface area contributed by atoms with E-state index in [9.17, 15) is 0 Å². The topological polar surface area (TPSA) is 40.8 Å². The highest BCUT2D eigenvalue weighted by Gasteiger charge is 2.22. The fourth-order valence-electron chi connectivity index (χ4n) is 2.50. The van der Waals surface area contributed by atoms with Gasteiger partial charge in [0.1, 0.15) is 5.65 Å². The van der Waals surface area contributed by atoms with Gasteiger partial charge < -0.3 is 9.51 Å². The van der Waals surface area contributed by atoms with Crippen LogP contribution in [0.15, 0.2) is 30.6 Å². The summed E-state index contributed by atoms with van der Waals surface area (Å²) in [5, 5.41) is 9.12. The maximum atomic E-state index is 9.12. The van der Waals surface area contributed by atoms with Gasteiger partial charge in [-0.1, -0.05) is 6.07 Å². The van der Waals surface area contributed by atoms with E-state index in [1.54, 1.807) is 0 Å². The molecule has 4 nitrogen and oxygen atoms in total. The van der Waals surface area contributed by atoms with Crippen molar-refractivity contribution < 1.29 is 5.11 Å². The Balaban J connectivity index is 1.73. The molecule has 2 aromatic rings. The molecule has 1 atom stereocenters. The molecule has 0 unspecified atom stereocenters. The summed E-state index contributed by atoms with van der Waals surface area (Å²) in [6.07, 6.45) is 5.21. The number of hydrogen-bond acceptors (Lipinski definition) is 3. The molecule has 1 fully saturated rings. The van der Waals surface area contributed by atoms with Gasteiger partial charge in [0, 0.05) is 32.1 Å². The van der Waals surface area contributed by atoms with Crippen molar-refractivity contribution in [2.45, 2.75) is 13.0 Å². The predicted octanol–water partition coefficient (Wildman–Crippen LogP) is 1.15. The first kappa shape index (κ1) is 10.7. The highest BCUT2D eigenvalue weighted by atomic mass is 16.3. The van der Waals surface area contributed by atoms with Crippen molar-refractivity contribution in [1.29, 1.82) is 0 Å². The fourth-order valence-corrected chi connectivity index (χ4v) is 2.50. The number of aromatic nitrogens is 2. The Kier molecular flexibility index (Phi) is 2.82. The van der Waals surface area contributed by atoms with Crippen LogP contribution < -0.4 is 0 Å². The lowest BCUT2D eigenvalue weighted by molar-refractivity contribution is 0.219. The first-order valence-electron chi connectivity index (χ1n) is 6.11. The Labute approximate surface area is 101 Å². The Hall–Kier alpha value is -1.39. The molecular formula is C13H17N3O. The van der Waals surface area contributed by atoms with Crippen LogP contribution in [0.25, 0.3) is 5.65 Å². The molecule has 1 aliphatic rings. The Morgan fingerprint density at radius 2 is 2.35 bits per heavy atom. The van der Waals surface area contributed by atoms with E-state index < -0.39 is 0 Å². The van der Waals surface area contributed by atoms with Gasteiger partial charge in [-0.05, 0) is 31.0 Å². The smallest absolute Gasteiger partial charge is 0.137 e. The van der Waals surface area contributed by atoms with E-state index in [-0.39, 0.29) is 0 Å². The summed E-state index contributed by atoms with van der Waals surface area (Å²) in [7, 11) is 0. The number of fused-ring (bicyclic) bond motifs is 1. The van der Waals surface area contributed by atoms with Crippen LogP contribution >= 0.6 is 0 Å². The molecule has 0 saturated carbocycles. The Bertz CT molecular complexity index is 475. The van der Waals surface area contributed by atoms with Crippen molar-refractivity contribution in [3.8, 4) is 0 Å². The van der Waals surface area contributed by atoms with Gasteiger partial charge in [0.2, 0.25) is 0 Å². The van der Waals surface area contributed by atoms with E-state index >= 15 is 0 Å². The van der Waals surface area contributed by atoms with Crippen molar-refractivity contribution in [3.63, 3.8) is 0 Å². The van der Waals surface area contributed by atoms with E-state index in [0.717, 1.165) is 37.4 Å². The molecular weight excluding hydrogens is 214 g/mol. The van der Waals surface area contributed by atoms with Crippen LogP contribution in [0.5, 0.6) is 0 Å². The molecule has 17 heavy (non-hydrogen) atoms. The minimum absolute atomic E-state index is 0.307. The van der Waals surface area contributed by atoms with Crippen LogP contribution in [-0.4, -0.2) is 39.1 Å². The molecule has 0 spiro atoms. The minimum Gasteiger partial charge on any atom is -0.396 e. The lowest BCUT2D eigenvalue weighted by atomic mass is 10.1. The molecule has 0 aromatic carbocycles. The molecule has 0 amide bonds. The van der Waals surface area contributed by atoms with Crippen molar-refractivity contribution in [2.75, 3.05) is 19.7 Å². The lowest BCUT2D eigenvalue weighted by Gasteiger charge is -2.13. The van der Waals surface area contributed by atoms with Crippen LogP contribution in [-0.2, 0) is 6.54 Å². The van der Waals surface area contributed by atoms with E-state index in [2.05, 4.69) is 20.5 Å². The second-order valence-corrected chi connectivity index (χ2v) is 4.77. The van der Waals surface area contributed by atoms with E-state index in [1.807, 2.05) is 24.4 Å². The number of imidazole rings is 1. The molecule has 0 radical (unpaired) electrons. The molecule has 3 rings (SSSR count). The maximum Gasteiger partial charge on any atom is 0.137 e. The van der Waals surface area contributed by atoms with Crippen LogP contribution in [0.3, 0.4) is 0 Å². The predicted molar refractivity (Wildman–Crippen MR) is 65.7 cm³/mol. The van der Waals surface area contributed by atoms with Gasteiger partial charge in [-0.15, -0.1) is 0 Å². The highest BCUT2D eigenvalue weighted by Crippen LogP contribution is 2.17. The zero-order valence-electron chi connectivity index (χ0n) is 9.79. The summed E-state index contributed by atoms with van der Waals surface area (Å²) in [6, 6.07) is 6.03. The van der Waals surface area contributed by atoms with Crippen LogP contribution in [0, 0.1) is 5.92 Å². The Morgan fingerprint density at radius 1 is 1.41 bits per heavy atom. The van der Waals surface area contributed by atoms with E-state index in [1.165, 1.54) is 0 Å². The second kappa shape index (κ2) is 4.47. The van der Waals surface area contributed by atoms with Gasteiger partial charge in [0.05, 0.1) is 5.69 Å². The fraction of sp³-hybridized carbons (Fsp3) is 0.462. The van der Waals surface area contributed by atoms with Crippen LogP contribution in [0.4, 0.5) is 0 Å². The summed E-state index contributed by atoms with van der Waals surface area (Å²) in [6.45, 7) is 3.25. The standard InChI is InChI=1S/C13H17N3O/c17-10-11-4-6-15(7-11)8-12-9-16-5-2-1-3-13(16)14-12/h1-3,5,9,11,17H,4,6-8,10H2/t11-/m1/s1. The molecule has 3 heterocycles. The molecule has 2 aromatic heterocycles. The number of likely N-dealkylation sites (tertiary alicyclic amines) is 1. The van der Waals surface area contributed by atoms with Gasteiger partial charge in [-0.2, -0.15) is 0 Å². The molecule has 0 bridgehead atoms. The molecule has 90 valence electrons. The average molecular weight is 231 g/mol. The number of aliphatic hydroxyl groups is 1. The van der Waals surface area contributed by atoms with Crippen molar-refractivity contribution in [2.24, 2.45) is 5.92 Å². The SMILES string of the molecule is OC[C@@H]1CCN(Cc2cn3ccccc3n2)C1. The number of nitrogens with zero attached hydrogens (tertiary/aromatic N) is 3. The summed E-state index contributed by atoms with van der Waals surface area (Å²) in [5.41, 5.74) is 2.11. The van der Waals surface area contributed by atoms with Gasteiger partial charge in [-0.25, -0.2) is 4.98 Å². The maximum absolute atomic E-state index is 9.12. The third-order valence-electron chi connectivity index (χ3n) is 3.43. The Morgan fingerprint density at radius 3 is 3.12 bits per heavy atom. The molecule has 1 saturated heterocycles. The number of aliphatic hydroxyl groups excluding tert-OH is 1. The van der Waals surface area contributed by atoms with Crippen molar-refractivity contribution in [1.82, 2.24) is 14.3 Å². The first-order valence-corrected chi connectivity index (χ1v) is 6.11. The van der Waals surface area contributed by atoms with E-state index in [0.29, 0.717) is 12.5 Å². The average Bonchev–Trinajstić information content (AvgIpc) is 2.94. The first-order chi connectivity index (χ1) is 8.35. The lowest BCUT2D eigenvalue weighted by Crippen LogP contribution is -2.21. The second-order valence-electron chi connectivity index (χ2n) is 4.77. The number of rotatable bonds is 3. The quantitative estimate of drug-likeness (QED) is 0.861. The largest absolute Gasteiger partial charge is 0.396 e. The third kappa shape index (κ3) is 2.18. The van der Waals surface area contributed by atoms with Crippen LogP contribution in [0.1, 0.15) is 12.1 Å². The molecule has 4 heteroatoms. The zero-order valence-corrected chi connectivity index (χ0v) is 9.79. The van der Waals surface area contributed by atoms with E-state index in [4.69, 9.17) is 5.11 Å². The van der Waals surface area contributed by atoms with Gasteiger partial charge in [0.15, 0.2) is 0 Å². The van der Waals surface area contributed by atoms with Crippen molar-refractivity contribution in [3.05, 3.63) is 36.3 Å². The number of pyridine rings is 1. The monoisotopic (exact) mass is 231 g/mol. The summed E-state index contributed by atoms with van der Waals surface area (Å²) >= 11 is 0. The van der Waals surface area contributed by atoms with Crippen molar-refractivity contribution >= 4 is 5.65 Å². The minimum atomic E-state index is 0.307. The third-order valence-corrected chi connectivity index (χ3v) is 3.43. The molecule has 1 aliphatic heterocycles. The molecule has 0 aliphatic carbocycles. The van der Waals surface area contributed by atoms with Gasteiger partial charge >= 0.3 is 0 Å². The summed E-state index contributed by atoms with van der Waals surface area (Å²) < 4.78 is 2.05. The summed E-state index contributed by atoms with van der Waals surface area (Å²) in [4.78, 5) is 6.95. The highest BCUT2D eigenvalue weighted by molar-refractivity contribution is 5.39. The summed E-state index contributed by atoms with van der Waals surface area (Å²) in [5.74, 6) is 0.451.